The number of nitrogens with two attached hydrogens (primary N) is 1. The maximum Gasteiger partial charge on any atom is 0.157 e. The summed E-state index contributed by atoms with van der Waals surface area (Å²) in [6.45, 7) is 2.19. The number of nitrogens with zero attached hydrogens (tertiary/aromatic N) is 2. The van der Waals surface area contributed by atoms with Crippen LogP contribution in [-0.4, -0.2) is 16.0 Å². The van der Waals surface area contributed by atoms with Gasteiger partial charge in [-0.1, -0.05) is 30.9 Å². The topological polar surface area (TPSA) is 63.8 Å². The number of hydrogen-bond acceptors (Lipinski definition) is 4. The Hall–Kier alpha value is -1.03. The highest BCUT2D eigenvalue weighted by atomic mass is 35.5. The van der Waals surface area contributed by atoms with Gasteiger partial charge in [-0.05, 0) is 25.7 Å². The van der Waals surface area contributed by atoms with E-state index >= 15 is 0 Å². The zero-order valence-corrected chi connectivity index (χ0v) is 10.9. The van der Waals surface area contributed by atoms with E-state index in [1.165, 1.54) is 38.4 Å². The molecule has 4 nitrogen and oxygen atoms in total. The molecule has 94 valence electrons. The summed E-state index contributed by atoms with van der Waals surface area (Å²) in [5.41, 5.74) is 6.28. The van der Waals surface area contributed by atoms with Crippen molar-refractivity contribution in [1.82, 2.24) is 9.97 Å². The molecule has 1 aliphatic rings. The second-order valence-electron chi connectivity index (χ2n) is 4.76. The molecule has 0 aliphatic heterocycles. The van der Waals surface area contributed by atoms with Gasteiger partial charge < -0.3 is 11.1 Å². The molecule has 3 N–H and O–H groups in total. The largest absolute Gasteiger partial charge is 0.393 e. The van der Waals surface area contributed by atoms with Crippen LogP contribution >= 0.6 is 11.6 Å². The first-order chi connectivity index (χ1) is 8.18. The van der Waals surface area contributed by atoms with E-state index in [9.17, 15) is 0 Å². The first-order valence-corrected chi connectivity index (χ1v) is 6.59. The van der Waals surface area contributed by atoms with Gasteiger partial charge >= 0.3 is 0 Å². The summed E-state index contributed by atoms with van der Waals surface area (Å²) in [5.74, 6) is 1.36. The highest BCUT2D eigenvalue weighted by Crippen LogP contribution is 2.29. The van der Waals surface area contributed by atoms with E-state index in [0.717, 1.165) is 0 Å². The zero-order valence-electron chi connectivity index (χ0n) is 10.1. The molecular weight excluding hydrogens is 236 g/mol. The van der Waals surface area contributed by atoms with Gasteiger partial charge in [0, 0.05) is 6.04 Å². The molecule has 0 radical (unpaired) electrons. The van der Waals surface area contributed by atoms with E-state index in [2.05, 4.69) is 22.2 Å². The Morgan fingerprint density at radius 1 is 1.35 bits per heavy atom. The molecule has 0 amide bonds. The maximum absolute atomic E-state index is 5.87. The number of hydrogen-bond donors (Lipinski definition) is 2. The van der Waals surface area contributed by atoms with E-state index < -0.39 is 0 Å². The molecule has 5 heteroatoms. The van der Waals surface area contributed by atoms with E-state index in [4.69, 9.17) is 17.3 Å². The molecule has 1 aliphatic carbocycles. The fraction of sp³-hybridized carbons (Fsp3) is 0.667. The number of aromatic nitrogens is 2. The summed E-state index contributed by atoms with van der Waals surface area (Å²) in [6, 6.07) is 0.378. The van der Waals surface area contributed by atoms with Gasteiger partial charge in [0.2, 0.25) is 0 Å². The smallest absolute Gasteiger partial charge is 0.157 e. The second kappa shape index (κ2) is 5.54. The number of nitrogen functional groups attached to an aromatic ring is 1. The average molecular weight is 255 g/mol. The molecule has 0 aromatic carbocycles. The third-order valence-corrected chi connectivity index (χ3v) is 3.86. The molecular formula is C12H19ClN4. The lowest BCUT2D eigenvalue weighted by Crippen LogP contribution is -2.28. The number of anilines is 2. The Morgan fingerprint density at radius 2 is 2.06 bits per heavy atom. The van der Waals surface area contributed by atoms with Crippen LogP contribution in [0, 0.1) is 5.92 Å². The van der Waals surface area contributed by atoms with E-state index in [1.807, 2.05) is 0 Å². The standard InChI is InChI=1S/C12H19ClN4/c1-8(9-5-3-2-4-6-9)17-12-10(14)11(13)15-7-16-12/h7-9H,2-6,14H2,1H3,(H,15,16,17). The zero-order chi connectivity index (χ0) is 12.3. The van der Waals surface area contributed by atoms with Crippen LogP contribution in [0.5, 0.6) is 0 Å². The Balaban J connectivity index is 2.01. The lowest BCUT2D eigenvalue weighted by molar-refractivity contribution is 0.328. The predicted molar refractivity (Wildman–Crippen MR) is 71.1 cm³/mol. The summed E-state index contributed by atoms with van der Waals surface area (Å²) < 4.78 is 0. The quantitative estimate of drug-likeness (QED) is 0.814. The van der Waals surface area contributed by atoms with Gasteiger partial charge in [0.25, 0.3) is 0 Å². The molecule has 1 heterocycles. The molecule has 1 aromatic heterocycles. The van der Waals surface area contributed by atoms with Gasteiger partial charge in [0.05, 0.1) is 0 Å². The number of halogens is 1. The summed E-state index contributed by atoms with van der Waals surface area (Å²) in [4.78, 5) is 7.99. The normalized spacial score (nSPS) is 18.9. The van der Waals surface area contributed by atoms with Gasteiger partial charge in [-0.15, -0.1) is 0 Å². The Bertz CT molecular complexity index is 377. The molecule has 0 saturated heterocycles. The van der Waals surface area contributed by atoms with Crippen molar-refractivity contribution >= 4 is 23.1 Å². The van der Waals surface area contributed by atoms with Crippen molar-refractivity contribution in [3.8, 4) is 0 Å². The van der Waals surface area contributed by atoms with Crippen LogP contribution in [-0.2, 0) is 0 Å². The fourth-order valence-electron chi connectivity index (χ4n) is 2.46. The number of rotatable bonds is 3. The molecule has 17 heavy (non-hydrogen) atoms. The van der Waals surface area contributed by atoms with Gasteiger partial charge in [0.15, 0.2) is 11.0 Å². The Morgan fingerprint density at radius 3 is 2.76 bits per heavy atom. The molecule has 0 spiro atoms. The van der Waals surface area contributed by atoms with Crippen LogP contribution in [0.4, 0.5) is 11.5 Å². The third kappa shape index (κ3) is 3.00. The van der Waals surface area contributed by atoms with Gasteiger partial charge in [-0.2, -0.15) is 0 Å². The van der Waals surface area contributed by atoms with Crippen molar-refractivity contribution in [1.29, 1.82) is 0 Å². The minimum absolute atomic E-state index is 0.318. The van der Waals surface area contributed by atoms with Crippen LogP contribution in [0.3, 0.4) is 0 Å². The van der Waals surface area contributed by atoms with Gasteiger partial charge in [0.1, 0.15) is 12.0 Å². The average Bonchev–Trinajstić information content (AvgIpc) is 2.36. The van der Waals surface area contributed by atoms with E-state index in [1.54, 1.807) is 0 Å². The van der Waals surface area contributed by atoms with Crippen LogP contribution in [0.15, 0.2) is 6.33 Å². The fourth-order valence-corrected chi connectivity index (χ4v) is 2.59. The van der Waals surface area contributed by atoms with Crippen molar-refractivity contribution in [2.75, 3.05) is 11.1 Å². The van der Waals surface area contributed by atoms with Gasteiger partial charge in [-0.25, -0.2) is 9.97 Å². The molecule has 1 fully saturated rings. The molecule has 0 bridgehead atoms. The van der Waals surface area contributed by atoms with Crippen LogP contribution in [0.25, 0.3) is 0 Å². The second-order valence-corrected chi connectivity index (χ2v) is 5.12. The summed E-state index contributed by atoms with van der Waals surface area (Å²) >= 11 is 5.87. The lowest BCUT2D eigenvalue weighted by atomic mass is 9.84. The van der Waals surface area contributed by atoms with E-state index in [0.29, 0.717) is 28.6 Å². The molecule has 2 rings (SSSR count). The first-order valence-electron chi connectivity index (χ1n) is 6.21. The van der Waals surface area contributed by atoms with Gasteiger partial charge in [-0.3, -0.25) is 0 Å². The maximum atomic E-state index is 5.87. The summed E-state index contributed by atoms with van der Waals surface area (Å²) in [7, 11) is 0. The van der Waals surface area contributed by atoms with Crippen LogP contribution in [0.2, 0.25) is 5.15 Å². The highest BCUT2D eigenvalue weighted by molar-refractivity contribution is 6.32. The van der Waals surface area contributed by atoms with Crippen LogP contribution < -0.4 is 11.1 Å². The minimum Gasteiger partial charge on any atom is -0.393 e. The molecule has 1 unspecified atom stereocenters. The molecule has 1 aromatic rings. The number of nitrogens with one attached hydrogen (secondary N) is 1. The van der Waals surface area contributed by atoms with Crippen molar-refractivity contribution in [3.05, 3.63) is 11.5 Å². The van der Waals surface area contributed by atoms with Crippen LogP contribution in [0.1, 0.15) is 39.0 Å². The predicted octanol–water partition coefficient (Wildman–Crippen LogP) is 3.09. The van der Waals surface area contributed by atoms with Crippen molar-refractivity contribution < 1.29 is 0 Å². The SMILES string of the molecule is CC(Nc1ncnc(Cl)c1N)C1CCCCC1. The highest BCUT2D eigenvalue weighted by Gasteiger charge is 2.21. The third-order valence-electron chi connectivity index (χ3n) is 3.56. The first kappa shape index (κ1) is 12.4. The van der Waals surface area contributed by atoms with Crippen molar-refractivity contribution in [2.45, 2.75) is 45.1 Å². The van der Waals surface area contributed by atoms with E-state index in [-0.39, 0.29) is 0 Å². The Labute approximate surface area is 107 Å². The Kier molecular flexibility index (Phi) is 4.05. The molecule has 1 saturated carbocycles. The monoisotopic (exact) mass is 254 g/mol. The summed E-state index contributed by atoms with van der Waals surface area (Å²) in [5, 5.41) is 3.68. The molecule has 1 atom stereocenters. The van der Waals surface area contributed by atoms with Crippen molar-refractivity contribution in [2.24, 2.45) is 5.92 Å². The lowest BCUT2D eigenvalue weighted by Gasteiger charge is -2.28. The van der Waals surface area contributed by atoms with Crippen molar-refractivity contribution in [3.63, 3.8) is 0 Å². The summed E-state index contributed by atoms with van der Waals surface area (Å²) in [6.07, 6.45) is 8.03. The minimum atomic E-state index is 0.318.